The fourth-order valence-electron chi connectivity index (χ4n) is 0.641. The van der Waals surface area contributed by atoms with Crippen LogP contribution in [-0.4, -0.2) is 5.78 Å². The van der Waals surface area contributed by atoms with Gasteiger partial charge in [0.1, 0.15) is 5.78 Å². The van der Waals surface area contributed by atoms with Crippen molar-refractivity contribution in [2.75, 3.05) is 0 Å². The van der Waals surface area contributed by atoms with Crippen LogP contribution < -0.4 is 0 Å². The molecule has 1 heteroatoms. The second kappa shape index (κ2) is 1.41. The summed E-state index contributed by atoms with van der Waals surface area (Å²) in [5.74, 6) is 0.125. The summed E-state index contributed by atoms with van der Waals surface area (Å²) in [6.07, 6.45) is 2.00. The molecule has 1 saturated carbocycles. The fraction of sp³-hybridized carbons (Fsp3) is 0.800. The van der Waals surface area contributed by atoms with Crippen molar-refractivity contribution >= 4 is 5.78 Å². The van der Waals surface area contributed by atoms with Crippen LogP contribution in [0.25, 0.3) is 0 Å². The van der Waals surface area contributed by atoms with Gasteiger partial charge in [0.15, 0.2) is 0 Å². The molecule has 1 atom stereocenters. The van der Waals surface area contributed by atoms with Gasteiger partial charge in [-0.2, -0.15) is 0 Å². The van der Waals surface area contributed by atoms with Crippen molar-refractivity contribution < 1.29 is 6.17 Å². The first kappa shape index (κ1) is 2.78. The van der Waals surface area contributed by atoms with Gasteiger partial charge < -0.3 is 0 Å². The lowest BCUT2D eigenvalue weighted by Crippen LogP contribution is -1.81. The minimum Gasteiger partial charge on any atom is -0.300 e. The molecule has 34 valence electrons. The number of carbonyl (C=O) groups excluding carboxylic acids is 1. The van der Waals surface area contributed by atoms with Gasteiger partial charge in [-0.25, -0.2) is 0 Å². The highest BCUT2D eigenvalue weighted by atomic mass is 16.1. The molecule has 1 aliphatic carbocycles. The van der Waals surface area contributed by atoms with E-state index in [1.54, 1.807) is 0 Å². The zero-order chi connectivity index (χ0) is 5.28. The summed E-state index contributed by atoms with van der Waals surface area (Å²) in [5.41, 5.74) is 0. The van der Waals surface area contributed by atoms with Crippen molar-refractivity contribution in [3.63, 3.8) is 0 Å². The Hall–Kier alpha value is -0.330. The number of ketones is 1. The highest BCUT2D eigenvalue weighted by molar-refractivity contribution is 5.79. The summed E-state index contributed by atoms with van der Waals surface area (Å²) >= 11 is 0. The zero-order valence-electron chi connectivity index (χ0n) is 4.61. The molecule has 0 aromatic carbocycles. The summed E-state index contributed by atoms with van der Waals surface area (Å²) in [7, 11) is 0. The largest absolute Gasteiger partial charge is 0.300 e. The van der Waals surface area contributed by atoms with Gasteiger partial charge in [0, 0.05) is 14.2 Å². The first-order valence-electron chi connectivity index (χ1n) is 2.83. The van der Waals surface area contributed by atoms with E-state index in [1.165, 1.54) is 0 Å². The lowest BCUT2D eigenvalue weighted by molar-refractivity contribution is -0.117. The Bertz CT molecular complexity index is 90.1. The molecule has 0 aromatic rings. The molecule has 0 heterocycles. The first-order valence-corrected chi connectivity index (χ1v) is 2.25. The van der Waals surface area contributed by atoms with Gasteiger partial charge in [0.25, 0.3) is 0 Å². The molecule has 0 amide bonds. The zero-order valence-corrected chi connectivity index (χ0v) is 3.61. The third-order valence-electron chi connectivity index (χ3n) is 0.999. The van der Waals surface area contributed by atoms with E-state index >= 15 is 0 Å². The number of carbonyl (C=O) groups is 1. The maximum Gasteiger partial charge on any atom is 0.132 e. The van der Waals surface area contributed by atoms with Crippen molar-refractivity contribution in [2.24, 2.45) is 0 Å². The quantitative estimate of drug-likeness (QED) is 0.431. The molecule has 0 aromatic heterocycles. The number of Topliss-reactive ketones (excluding diaryl/α,β-unsaturated/α-hetero) is 1. The highest BCUT2D eigenvalue weighted by Crippen LogP contribution is 2.11. The van der Waals surface area contributed by atoms with Gasteiger partial charge in [-0.3, -0.25) is 4.79 Å². The summed E-state index contributed by atoms with van der Waals surface area (Å²) in [4.78, 5) is 10.4. The Morgan fingerprint density at radius 1 is 1.67 bits per heavy atom. The minimum absolute atomic E-state index is 0.125. The molecule has 0 radical (unpaired) electrons. The predicted octanol–water partition coefficient (Wildman–Crippen LogP) is 1.13. The van der Waals surface area contributed by atoms with Gasteiger partial charge >= 0.3 is 0 Å². The fourth-order valence-corrected chi connectivity index (χ4v) is 0.641. The predicted molar refractivity (Wildman–Crippen MR) is 23.5 cm³/mol. The number of hydrogen-bond donors (Lipinski definition) is 0. The van der Waals surface area contributed by atoms with E-state index in [0.717, 1.165) is 12.8 Å². The second-order valence-electron chi connectivity index (χ2n) is 1.56. The molecule has 6 heavy (non-hydrogen) atoms. The van der Waals surface area contributed by atoms with E-state index in [4.69, 9.17) is 1.37 Å². The third kappa shape index (κ3) is 0.588. The molecule has 1 rings (SSSR count). The topological polar surface area (TPSA) is 17.1 Å². The normalized spacial score (nSPS) is 37.0. The molecular formula is C5H8O. The van der Waals surface area contributed by atoms with E-state index in [9.17, 15) is 4.79 Å². The summed E-state index contributed by atoms with van der Waals surface area (Å²) < 4.78 is 6.99. The Morgan fingerprint density at radius 2 is 2.50 bits per heavy atom. The van der Waals surface area contributed by atoms with Crippen LogP contribution in [0.5, 0.6) is 0 Å². The summed E-state index contributed by atoms with van der Waals surface area (Å²) in [5, 5.41) is 0. The lowest BCUT2D eigenvalue weighted by Gasteiger charge is -1.71. The summed E-state index contributed by atoms with van der Waals surface area (Å²) in [6.45, 7) is 0. The van der Waals surface area contributed by atoms with Gasteiger partial charge in [-0.05, 0) is 12.8 Å². The minimum atomic E-state index is -0.375. The van der Waals surface area contributed by atoms with Crippen LogP contribution in [0, 0.1) is 0 Å². The van der Waals surface area contributed by atoms with E-state index in [-0.39, 0.29) is 12.2 Å². The second-order valence-corrected chi connectivity index (χ2v) is 1.56. The van der Waals surface area contributed by atoms with Crippen LogP contribution in [0.3, 0.4) is 0 Å². The Balaban J connectivity index is 2.48. The molecule has 0 N–H and O–H groups in total. The monoisotopic (exact) mass is 85.1 g/mol. The smallest absolute Gasteiger partial charge is 0.132 e. The van der Waals surface area contributed by atoms with E-state index in [0.29, 0.717) is 6.42 Å². The third-order valence-corrected chi connectivity index (χ3v) is 0.999. The molecule has 1 unspecified atom stereocenters. The highest BCUT2D eigenvalue weighted by Gasteiger charge is 2.07. The van der Waals surface area contributed by atoms with Gasteiger partial charge in [0.05, 0.1) is 0 Å². The Morgan fingerprint density at radius 3 is 2.67 bits per heavy atom. The molecule has 1 aliphatic rings. The van der Waals surface area contributed by atoms with E-state index < -0.39 is 0 Å². The van der Waals surface area contributed by atoms with Crippen LogP contribution in [0.15, 0.2) is 0 Å². The van der Waals surface area contributed by atoms with Crippen molar-refractivity contribution in [1.29, 1.82) is 0 Å². The van der Waals surface area contributed by atoms with Crippen molar-refractivity contribution in [1.82, 2.24) is 0 Å². The van der Waals surface area contributed by atoms with Crippen LogP contribution in [0.4, 0.5) is 0 Å². The summed E-state index contributed by atoms with van der Waals surface area (Å²) in [6, 6.07) is 0. The van der Waals surface area contributed by atoms with Gasteiger partial charge in [-0.15, -0.1) is 0 Å². The van der Waals surface area contributed by atoms with Crippen molar-refractivity contribution in [3.05, 3.63) is 0 Å². The maximum absolute atomic E-state index is 10.4. The van der Waals surface area contributed by atoms with Gasteiger partial charge in [-0.1, -0.05) is 0 Å². The SMILES string of the molecule is [2H]C1CCCC1=O. The van der Waals surface area contributed by atoms with Crippen LogP contribution >= 0.6 is 0 Å². The average molecular weight is 85.1 g/mol. The van der Waals surface area contributed by atoms with E-state index in [1.807, 2.05) is 0 Å². The molecule has 1 nitrogen and oxygen atoms in total. The van der Waals surface area contributed by atoms with Crippen molar-refractivity contribution in [3.8, 4) is 0 Å². The molecule has 0 saturated heterocycles. The number of rotatable bonds is 0. The molecule has 0 aliphatic heterocycles. The average Bonchev–Trinajstić information content (AvgIpc) is 1.91. The molecular weight excluding hydrogens is 76.1 g/mol. The number of hydrogen-bond acceptors (Lipinski definition) is 1. The molecule has 0 spiro atoms. The van der Waals surface area contributed by atoms with Crippen LogP contribution in [0.1, 0.15) is 27.0 Å². The molecule has 1 fully saturated rings. The molecule has 0 bridgehead atoms. The maximum atomic E-state index is 10.4. The van der Waals surface area contributed by atoms with Gasteiger partial charge in [0.2, 0.25) is 0 Å². The van der Waals surface area contributed by atoms with Crippen LogP contribution in [-0.2, 0) is 4.79 Å². The first-order chi connectivity index (χ1) is 3.30. The lowest BCUT2D eigenvalue weighted by atomic mass is 10.4. The van der Waals surface area contributed by atoms with E-state index in [2.05, 4.69) is 0 Å². The Kier molecular flexibility index (Phi) is 0.655. The standard InChI is InChI=1S/C5H8O/c6-5-3-1-2-4-5/h1-4H2/i3D. The van der Waals surface area contributed by atoms with Crippen molar-refractivity contribution in [2.45, 2.75) is 25.7 Å². The van der Waals surface area contributed by atoms with Crippen LogP contribution in [0.2, 0.25) is 0 Å². The Labute approximate surface area is 38.8 Å².